The highest BCUT2D eigenvalue weighted by Crippen LogP contribution is 2.47. The largest absolute Gasteiger partial charge is 0.469 e. The first-order valence-corrected chi connectivity index (χ1v) is 12.0. The van der Waals surface area contributed by atoms with Crippen molar-refractivity contribution in [1.82, 2.24) is 0 Å². The summed E-state index contributed by atoms with van der Waals surface area (Å²) in [5.74, 6) is -0.788. The summed E-state index contributed by atoms with van der Waals surface area (Å²) in [6.45, 7) is 0.986. The van der Waals surface area contributed by atoms with E-state index in [1.807, 2.05) is 18.2 Å². The van der Waals surface area contributed by atoms with Gasteiger partial charge in [-0.3, -0.25) is 4.79 Å². The molecule has 4 aliphatic rings. The number of carbonyl (C=O) groups excluding carboxylic acids is 1. The molecule has 0 N–H and O–H groups in total. The first kappa shape index (κ1) is 22.3. The summed E-state index contributed by atoms with van der Waals surface area (Å²) in [5.41, 5.74) is 1.14. The molecule has 7 heteroatoms. The average molecular weight is 447 g/mol. The molecule has 0 radical (unpaired) electrons. The highest BCUT2D eigenvalue weighted by atomic mass is 16.8. The van der Waals surface area contributed by atoms with E-state index in [1.165, 1.54) is 13.5 Å². The van der Waals surface area contributed by atoms with Crippen molar-refractivity contribution in [3.05, 3.63) is 35.9 Å². The summed E-state index contributed by atoms with van der Waals surface area (Å²) in [7, 11) is 1.41. The van der Waals surface area contributed by atoms with Gasteiger partial charge in [0.2, 0.25) is 0 Å². The van der Waals surface area contributed by atoms with Crippen molar-refractivity contribution in [2.75, 3.05) is 13.7 Å². The number of rotatable bonds is 6. The minimum atomic E-state index is -0.540. The Morgan fingerprint density at radius 3 is 2.56 bits per heavy atom. The van der Waals surface area contributed by atoms with E-state index in [-0.39, 0.29) is 49.0 Å². The highest BCUT2D eigenvalue weighted by molar-refractivity contribution is 5.69. The van der Waals surface area contributed by atoms with Gasteiger partial charge >= 0.3 is 5.97 Å². The number of hydrogen-bond donors (Lipinski definition) is 0. The maximum Gasteiger partial charge on any atom is 0.308 e. The van der Waals surface area contributed by atoms with Crippen LogP contribution in [0.15, 0.2) is 30.3 Å². The fraction of sp³-hybridized carbons (Fsp3) is 0.720. The molecule has 4 fully saturated rings. The van der Waals surface area contributed by atoms with Crippen LogP contribution in [0.2, 0.25) is 0 Å². The number of methoxy groups -OCH3 is 1. The maximum atomic E-state index is 11.8. The zero-order valence-electron chi connectivity index (χ0n) is 18.8. The van der Waals surface area contributed by atoms with Gasteiger partial charge in [0.15, 0.2) is 5.79 Å². The van der Waals surface area contributed by atoms with E-state index in [0.717, 1.165) is 44.1 Å². The average Bonchev–Trinajstić information content (AvgIpc) is 3.19. The van der Waals surface area contributed by atoms with Gasteiger partial charge < -0.3 is 28.4 Å². The maximum absolute atomic E-state index is 11.8. The van der Waals surface area contributed by atoms with Crippen LogP contribution in [0.5, 0.6) is 0 Å². The molecule has 0 aromatic heterocycles. The van der Waals surface area contributed by atoms with Crippen LogP contribution in [0.4, 0.5) is 0 Å². The number of benzene rings is 1. The fourth-order valence-electron chi connectivity index (χ4n) is 5.57. The van der Waals surface area contributed by atoms with Crippen molar-refractivity contribution in [2.24, 2.45) is 0 Å². The molecule has 1 aromatic carbocycles. The molecule has 4 unspecified atom stereocenters. The van der Waals surface area contributed by atoms with Crippen LogP contribution in [0.1, 0.15) is 56.9 Å². The van der Waals surface area contributed by atoms with Crippen LogP contribution in [0.3, 0.4) is 0 Å². The Hall–Kier alpha value is -1.51. The smallest absolute Gasteiger partial charge is 0.308 e. The second kappa shape index (κ2) is 9.77. The summed E-state index contributed by atoms with van der Waals surface area (Å²) < 4.78 is 37.0. The van der Waals surface area contributed by atoms with Crippen LogP contribution in [-0.4, -0.2) is 62.1 Å². The molecular weight excluding hydrogens is 412 g/mol. The normalized spacial score (nSPS) is 35.8. The minimum absolute atomic E-state index is 0.0854. The third-order valence-electron chi connectivity index (χ3n) is 7.19. The first-order chi connectivity index (χ1) is 15.7. The van der Waals surface area contributed by atoms with E-state index in [9.17, 15) is 4.79 Å². The standard InChI is InChI=1S/C25H34O7/c1-27-21(26)14-18-10-11-19-22(29-18)24-23(31-25(32-24)12-6-3-7-13-25)20(30-19)16-28-15-17-8-4-2-5-9-17/h2,4-5,8-9,18-20,22-24H,3,6-7,10-16H2,1H3/t18-,19+,20?,22?,23?,24?/m1/s1. The molecule has 0 bridgehead atoms. The molecule has 32 heavy (non-hydrogen) atoms. The van der Waals surface area contributed by atoms with Crippen molar-refractivity contribution in [2.45, 2.75) is 100 Å². The second-order valence-corrected chi connectivity index (χ2v) is 9.43. The molecule has 0 amide bonds. The van der Waals surface area contributed by atoms with Gasteiger partial charge in [-0.15, -0.1) is 0 Å². The Morgan fingerprint density at radius 2 is 1.78 bits per heavy atom. The summed E-state index contributed by atoms with van der Waals surface area (Å²) in [6.07, 6.45) is 5.93. The Kier molecular flexibility index (Phi) is 6.81. The number of carbonyl (C=O) groups is 1. The Bertz CT molecular complexity index is 763. The molecule has 3 heterocycles. The van der Waals surface area contributed by atoms with Gasteiger partial charge in [0.1, 0.15) is 24.4 Å². The molecule has 5 rings (SSSR count). The van der Waals surface area contributed by atoms with Crippen LogP contribution >= 0.6 is 0 Å². The first-order valence-electron chi connectivity index (χ1n) is 12.0. The third-order valence-corrected chi connectivity index (χ3v) is 7.19. The lowest BCUT2D eigenvalue weighted by molar-refractivity contribution is -0.247. The summed E-state index contributed by atoms with van der Waals surface area (Å²) in [6, 6.07) is 10.2. The Balaban J connectivity index is 1.28. The highest BCUT2D eigenvalue weighted by Gasteiger charge is 2.59. The number of hydrogen-bond acceptors (Lipinski definition) is 7. The van der Waals surface area contributed by atoms with E-state index in [2.05, 4.69) is 12.1 Å². The lowest BCUT2D eigenvalue weighted by Gasteiger charge is -2.46. The summed E-state index contributed by atoms with van der Waals surface area (Å²) in [4.78, 5) is 11.8. The lowest BCUT2D eigenvalue weighted by atomic mass is 9.89. The van der Waals surface area contributed by atoms with Crippen molar-refractivity contribution >= 4 is 5.97 Å². The van der Waals surface area contributed by atoms with E-state index < -0.39 is 5.79 Å². The van der Waals surface area contributed by atoms with Crippen molar-refractivity contribution < 1.29 is 33.2 Å². The van der Waals surface area contributed by atoms with E-state index in [4.69, 9.17) is 28.4 Å². The third kappa shape index (κ3) is 4.73. The van der Waals surface area contributed by atoms with E-state index in [1.54, 1.807) is 0 Å². The number of fused-ring (bicyclic) bond motifs is 3. The van der Waals surface area contributed by atoms with Gasteiger partial charge in [-0.05, 0) is 31.2 Å². The molecule has 3 aliphatic heterocycles. The predicted octanol–water partition coefficient (Wildman–Crippen LogP) is 3.53. The lowest BCUT2D eigenvalue weighted by Crippen LogP contribution is -2.60. The molecule has 176 valence electrons. The predicted molar refractivity (Wildman–Crippen MR) is 115 cm³/mol. The SMILES string of the molecule is COC(=O)C[C@H]1CC[C@@H]2OC(COCc3ccccc3)C3OC4(CCCCC4)OC3C2O1. The van der Waals surface area contributed by atoms with Gasteiger partial charge in [-0.25, -0.2) is 0 Å². The van der Waals surface area contributed by atoms with Crippen LogP contribution < -0.4 is 0 Å². The molecule has 1 saturated carbocycles. The molecular formula is C25H34O7. The Labute approximate surface area is 189 Å². The molecule has 1 aromatic rings. The zero-order chi connectivity index (χ0) is 22.0. The number of ether oxygens (including phenoxy) is 6. The van der Waals surface area contributed by atoms with E-state index in [0.29, 0.717) is 13.2 Å². The van der Waals surface area contributed by atoms with Gasteiger partial charge in [-0.1, -0.05) is 36.8 Å². The molecule has 1 spiro atoms. The van der Waals surface area contributed by atoms with Gasteiger partial charge in [0, 0.05) is 12.8 Å². The summed E-state index contributed by atoms with van der Waals surface area (Å²) >= 11 is 0. The fourth-order valence-corrected chi connectivity index (χ4v) is 5.57. The quantitative estimate of drug-likeness (QED) is 0.619. The Morgan fingerprint density at radius 1 is 1.00 bits per heavy atom. The van der Waals surface area contributed by atoms with Crippen molar-refractivity contribution in [3.8, 4) is 0 Å². The summed E-state index contributed by atoms with van der Waals surface area (Å²) in [5, 5.41) is 0. The van der Waals surface area contributed by atoms with Crippen molar-refractivity contribution in [1.29, 1.82) is 0 Å². The molecule has 6 atom stereocenters. The minimum Gasteiger partial charge on any atom is -0.469 e. The molecule has 3 saturated heterocycles. The number of esters is 1. The zero-order valence-corrected chi connectivity index (χ0v) is 18.8. The molecule has 1 aliphatic carbocycles. The van der Waals surface area contributed by atoms with Gasteiger partial charge in [0.05, 0.1) is 39.0 Å². The van der Waals surface area contributed by atoms with Crippen LogP contribution in [0, 0.1) is 0 Å². The van der Waals surface area contributed by atoms with Crippen LogP contribution in [-0.2, 0) is 39.8 Å². The van der Waals surface area contributed by atoms with E-state index >= 15 is 0 Å². The molecule has 7 nitrogen and oxygen atoms in total. The second-order valence-electron chi connectivity index (χ2n) is 9.43. The van der Waals surface area contributed by atoms with Gasteiger partial charge in [-0.2, -0.15) is 0 Å². The monoisotopic (exact) mass is 446 g/mol. The topological polar surface area (TPSA) is 72.5 Å². The van der Waals surface area contributed by atoms with Crippen molar-refractivity contribution in [3.63, 3.8) is 0 Å². The van der Waals surface area contributed by atoms with Crippen LogP contribution in [0.25, 0.3) is 0 Å². The van der Waals surface area contributed by atoms with Gasteiger partial charge in [0.25, 0.3) is 0 Å².